The lowest BCUT2D eigenvalue weighted by atomic mass is 9.96. The molecule has 0 unspecified atom stereocenters. The van der Waals surface area contributed by atoms with Crippen LogP contribution >= 0.6 is 0 Å². The topological polar surface area (TPSA) is 46.6 Å². The highest BCUT2D eigenvalue weighted by atomic mass is 16.5. The monoisotopic (exact) mass is 285 g/mol. The van der Waals surface area contributed by atoms with Crippen molar-refractivity contribution in [3.05, 3.63) is 35.4 Å². The van der Waals surface area contributed by atoms with E-state index in [9.17, 15) is 9.59 Å². The van der Waals surface area contributed by atoms with E-state index in [4.69, 9.17) is 4.74 Å². The van der Waals surface area contributed by atoms with E-state index in [2.05, 4.69) is 0 Å². The first-order valence-corrected chi connectivity index (χ1v) is 7.25. The molecule has 2 aliphatic rings. The quantitative estimate of drug-likeness (QED) is 0.785. The highest BCUT2D eigenvalue weighted by molar-refractivity contribution is 5.97. The van der Waals surface area contributed by atoms with Gasteiger partial charge in [-0.2, -0.15) is 0 Å². The van der Waals surface area contributed by atoms with Crippen LogP contribution in [0.25, 0.3) is 5.70 Å². The van der Waals surface area contributed by atoms with Gasteiger partial charge in [0.25, 0.3) is 0 Å². The van der Waals surface area contributed by atoms with Crippen molar-refractivity contribution in [1.82, 2.24) is 4.90 Å². The van der Waals surface area contributed by atoms with E-state index in [-0.39, 0.29) is 11.7 Å². The standard InChI is InChI=1S/C17H19NO3/c1-11(19)12-6-7-15-13(9-12)14(10-17(2,3)21-15)18-8-4-5-16(18)20/h6-7,9-10H,4-5,8H2,1-3H3. The molecule has 2 aliphatic heterocycles. The van der Waals surface area contributed by atoms with Crippen molar-refractivity contribution in [2.75, 3.05) is 6.54 Å². The lowest BCUT2D eigenvalue weighted by molar-refractivity contribution is -0.124. The Morgan fingerprint density at radius 2 is 2.10 bits per heavy atom. The summed E-state index contributed by atoms with van der Waals surface area (Å²) in [7, 11) is 0. The molecule has 1 amide bonds. The van der Waals surface area contributed by atoms with Crippen LogP contribution in [0.5, 0.6) is 5.75 Å². The molecule has 0 aliphatic carbocycles. The van der Waals surface area contributed by atoms with Crippen LogP contribution in [0.15, 0.2) is 24.3 Å². The fourth-order valence-corrected chi connectivity index (χ4v) is 2.88. The zero-order valence-corrected chi connectivity index (χ0v) is 12.6. The molecule has 0 atom stereocenters. The predicted molar refractivity (Wildman–Crippen MR) is 80.1 cm³/mol. The highest BCUT2D eigenvalue weighted by Gasteiger charge is 2.33. The molecule has 21 heavy (non-hydrogen) atoms. The molecule has 2 heterocycles. The number of fused-ring (bicyclic) bond motifs is 1. The van der Waals surface area contributed by atoms with Gasteiger partial charge in [-0.05, 0) is 51.5 Å². The van der Waals surface area contributed by atoms with Gasteiger partial charge >= 0.3 is 0 Å². The second-order valence-corrected chi connectivity index (χ2v) is 6.15. The maximum Gasteiger partial charge on any atom is 0.227 e. The van der Waals surface area contributed by atoms with Crippen molar-refractivity contribution in [1.29, 1.82) is 0 Å². The molecule has 0 bridgehead atoms. The first kappa shape index (κ1) is 13.9. The zero-order chi connectivity index (χ0) is 15.2. The molecule has 0 aromatic heterocycles. The van der Waals surface area contributed by atoms with Crippen LogP contribution in [0, 0.1) is 0 Å². The van der Waals surface area contributed by atoms with Gasteiger partial charge in [0.1, 0.15) is 11.4 Å². The van der Waals surface area contributed by atoms with Crippen LogP contribution in [-0.4, -0.2) is 28.7 Å². The SMILES string of the molecule is CC(=O)c1ccc2c(c1)C(N1CCCC1=O)=CC(C)(C)O2. The number of rotatable bonds is 2. The van der Waals surface area contributed by atoms with Gasteiger partial charge in [0.05, 0.1) is 5.70 Å². The number of ketones is 1. The molecule has 110 valence electrons. The van der Waals surface area contributed by atoms with Gasteiger partial charge in [0.2, 0.25) is 5.91 Å². The van der Waals surface area contributed by atoms with Gasteiger partial charge in [-0.1, -0.05) is 0 Å². The molecule has 1 saturated heterocycles. The van der Waals surface area contributed by atoms with Gasteiger partial charge in [0.15, 0.2) is 5.78 Å². The molecule has 3 rings (SSSR count). The van der Waals surface area contributed by atoms with Gasteiger partial charge < -0.3 is 9.64 Å². The highest BCUT2D eigenvalue weighted by Crippen LogP contribution is 2.39. The summed E-state index contributed by atoms with van der Waals surface area (Å²) in [5.74, 6) is 0.870. The van der Waals surface area contributed by atoms with E-state index >= 15 is 0 Å². The van der Waals surface area contributed by atoms with Crippen LogP contribution in [0.1, 0.15) is 49.5 Å². The van der Waals surface area contributed by atoms with Gasteiger partial charge in [0, 0.05) is 24.1 Å². The Labute approximate surface area is 124 Å². The van der Waals surface area contributed by atoms with Gasteiger partial charge in [-0.15, -0.1) is 0 Å². The van der Waals surface area contributed by atoms with Crippen molar-refractivity contribution in [3.63, 3.8) is 0 Å². The predicted octanol–water partition coefficient (Wildman–Crippen LogP) is 3.02. The van der Waals surface area contributed by atoms with Crippen LogP contribution in [0.2, 0.25) is 0 Å². The molecule has 1 aromatic rings. The summed E-state index contributed by atoms with van der Waals surface area (Å²) in [4.78, 5) is 25.5. The third kappa shape index (κ3) is 2.46. The van der Waals surface area contributed by atoms with Gasteiger partial charge in [-0.3, -0.25) is 9.59 Å². The minimum Gasteiger partial charge on any atom is -0.483 e. The summed E-state index contributed by atoms with van der Waals surface area (Å²) >= 11 is 0. The van der Waals surface area contributed by atoms with Crippen molar-refractivity contribution in [2.45, 2.75) is 39.2 Å². The lowest BCUT2D eigenvalue weighted by Crippen LogP contribution is -2.34. The Kier molecular flexibility index (Phi) is 3.12. The molecule has 1 fully saturated rings. The molecule has 4 nitrogen and oxygen atoms in total. The Hall–Kier alpha value is -2.10. The van der Waals surface area contributed by atoms with Crippen LogP contribution in [0.4, 0.5) is 0 Å². The summed E-state index contributed by atoms with van der Waals surface area (Å²) < 4.78 is 5.95. The summed E-state index contributed by atoms with van der Waals surface area (Å²) in [6, 6.07) is 5.41. The Balaban J connectivity index is 2.13. The number of amides is 1. The summed E-state index contributed by atoms with van der Waals surface area (Å²) in [6.07, 6.45) is 3.43. The number of benzene rings is 1. The Morgan fingerprint density at radius 1 is 1.33 bits per heavy atom. The molecule has 0 spiro atoms. The maximum atomic E-state index is 12.1. The maximum absolute atomic E-state index is 12.1. The van der Waals surface area contributed by atoms with Crippen LogP contribution < -0.4 is 4.74 Å². The van der Waals surface area contributed by atoms with E-state index in [0.29, 0.717) is 12.0 Å². The number of carbonyl (C=O) groups excluding carboxylic acids is 2. The molecular weight excluding hydrogens is 266 g/mol. The van der Waals surface area contributed by atoms with E-state index < -0.39 is 5.60 Å². The minimum atomic E-state index is -0.469. The number of nitrogens with zero attached hydrogens (tertiary/aromatic N) is 1. The average Bonchev–Trinajstić information content (AvgIpc) is 2.82. The number of hydrogen-bond donors (Lipinski definition) is 0. The fourth-order valence-electron chi connectivity index (χ4n) is 2.88. The first-order valence-electron chi connectivity index (χ1n) is 7.25. The lowest BCUT2D eigenvalue weighted by Gasteiger charge is -2.34. The molecule has 0 saturated carbocycles. The van der Waals surface area contributed by atoms with Crippen molar-refractivity contribution in [3.8, 4) is 5.75 Å². The minimum absolute atomic E-state index is 0.00901. The number of carbonyl (C=O) groups is 2. The smallest absolute Gasteiger partial charge is 0.227 e. The van der Waals surface area contributed by atoms with E-state index in [0.717, 1.165) is 30.0 Å². The van der Waals surface area contributed by atoms with Crippen LogP contribution in [-0.2, 0) is 4.79 Å². The molecule has 1 aromatic carbocycles. The van der Waals surface area contributed by atoms with Gasteiger partial charge in [-0.25, -0.2) is 0 Å². The van der Waals surface area contributed by atoms with E-state index in [1.807, 2.05) is 37.0 Å². The molecular formula is C17H19NO3. The number of hydrogen-bond acceptors (Lipinski definition) is 3. The molecule has 0 radical (unpaired) electrons. The van der Waals surface area contributed by atoms with Crippen LogP contribution in [0.3, 0.4) is 0 Å². The van der Waals surface area contributed by atoms with E-state index in [1.165, 1.54) is 0 Å². The normalized spacial score (nSPS) is 19.9. The Morgan fingerprint density at radius 3 is 2.71 bits per heavy atom. The number of ether oxygens (including phenoxy) is 1. The Bertz CT molecular complexity index is 658. The molecule has 4 heteroatoms. The zero-order valence-electron chi connectivity index (χ0n) is 12.6. The number of Topliss-reactive ketones (excluding diaryl/α,β-unsaturated/α-hetero) is 1. The fraction of sp³-hybridized carbons (Fsp3) is 0.412. The largest absolute Gasteiger partial charge is 0.483 e. The van der Waals surface area contributed by atoms with Crippen molar-refractivity contribution in [2.24, 2.45) is 0 Å². The summed E-state index contributed by atoms with van der Waals surface area (Å²) in [6.45, 7) is 6.20. The van der Waals surface area contributed by atoms with E-state index in [1.54, 1.807) is 13.0 Å². The second-order valence-electron chi connectivity index (χ2n) is 6.15. The second kappa shape index (κ2) is 4.72. The third-order valence-corrected chi connectivity index (χ3v) is 3.88. The summed E-state index contributed by atoms with van der Waals surface area (Å²) in [5.41, 5.74) is 1.86. The number of likely N-dealkylation sites (tertiary alicyclic amines) is 1. The molecule has 0 N–H and O–H groups in total. The average molecular weight is 285 g/mol. The third-order valence-electron chi connectivity index (χ3n) is 3.88. The summed E-state index contributed by atoms with van der Waals surface area (Å²) in [5, 5.41) is 0. The first-order chi connectivity index (χ1) is 9.87. The van der Waals surface area contributed by atoms with Crippen molar-refractivity contribution < 1.29 is 14.3 Å². The van der Waals surface area contributed by atoms with Crippen molar-refractivity contribution >= 4 is 17.4 Å².